The maximum atomic E-state index is 12.0. The summed E-state index contributed by atoms with van der Waals surface area (Å²) in [4.78, 5) is 16.4. The van der Waals surface area contributed by atoms with Crippen molar-refractivity contribution in [3.63, 3.8) is 0 Å². The minimum atomic E-state index is 0.214. The van der Waals surface area contributed by atoms with Gasteiger partial charge in [-0.15, -0.1) is 11.6 Å². The Kier molecular flexibility index (Phi) is 4.12. The quantitative estimate of drug-likeness (QED) is 0.465. The van der Waals surface area contributed by atoms with Crippen molar-refractivity contribution in [1.82, 2.24) is 0 Å². The van der Waals surface area contributed by atoms with E-state index in [4.69, 9.17) is 11.6 Å². The van der Waals surface area contributed by atoms with Gasteiger partial charge in [-0.25, -0.2) is 0 Å². The summed E-state index contributed by atoms with van der Waals surface area (Å²) in [5, 5.41) is 0. The van der Waals surface area contributed by atoms with Crippen molar-refractivity contribution in [3.05, 3.63) is 23.8 Å². The van der Waals surface area contributed by atoms with Gasteiger partial charge in [-0.05, 0) is 31.0 Å². The lowest BCUT2D eigenvalue weighted by Crippen LogP contribution is -2.23. The standard InChI is InChI=1S/C14H19ClN2O/c1-16-10-17(2)13-9-11(6-7-12(13)16)14(18)5-3-4-8-15/h6-7,9H,3-5,8,10H2,1-2H3. The number of carbonyl (C=O) groups is 1. The lowest BCUT2D eigenvalue weighted by molar-refractivity contribution is 0.0980. The van der Waals surface area contributed by atoms with E-state index < -0.39 is 0 Å². The molecule has 0 atom stereocenters. The maximum absolute atomic E-state index is 12.0. The molecule has 0 saturated heterocycles. The highest BCUT2D eigenvalue weighted by Crippen LogP contribution is 2.34. The van der Waals surface area contributed by atoms with Crippen LogP contribution >= 0.6 is 11.6 Å². The Morgan fingerprint density at radius 3 is 2.67 bits per heavy atom. The van der Waals surface area contributed by atoms with Crippen LogP contribution in [0, 0.1) is 0 Å². The van der Waals surface area contributed by atoms with Gasteiger partial charge in [-0.3, -0.25) is 4.79 Å². The predicted molar refractivity (Wildman–Crippen MR) is 77.0 cm³/mol. The molecular weight excluding hydrogens is 248 g/mol. The molecule has 0 radical (unpaired) electrons. The number of alkyl halides is 1. The van der Waals surface area contributed by atoms with Crippen molar-refractivity contribution in [3.8, 4) is 0 Å². The summed E-state index contributed by atoms with van der Waals surface area (Å²) in [5.74, 6) is 0.844. The van der Waals surface area contributed by atoms with Gasteiger partial charge in [0.25, 0.3) is 0 Å². The molecule has 18 heavy (non-hydrogen) atoms. The SMILES string of the molecule is CN1CN(C)c2cc(C(=O)CCCCCl)ccc21. The van der Waals surface area contributed by atoms with E-state index in [9.17, 15) is 4.79 Å². The highest BCUT2D eigenvalue weighted by molar-refractivity contribution is 6.17. The number of carbonyl (C=O) groups excluding carboxylic acids is 1. The van der Waals surface area contributed by atoms with Crippen molar-refractivity contribution in [1.29, 1.82) is 0 Å². The van der Waals surface area contributed by atoms with Crippen LogP contribution in [0.1, 0.15) is 29.6 Å². The van der Waals surface area contributed by atoms with Crippen LogP contribution in [0.2, 0.25) is 0 Å². The Hall–Kier alpha value is -1.22. The van der Waals surface area contributed by atoms with E-state index in [0.717, 1.165) is 30.8 Å². The highest BCUT2D eigenvalue weighted by Gasteiger charge is 2.21. The molecule has 0 amide bonds. The molecule has 0 aliphatic carbocycles. The summed E-state index contributed by atoms with van der Waals surface area (Å²) in [7, 11) is 4.11. The van der Waals surface area contributed by atoms with Gasteiger partial charge in [0.2, 0.25) is 0 Å². The van der Waals surface area contributed by atoms with Gasteiger partial charge < -0.3 is 9.80 Å². The molecule has 0 N–H and O–H groups in total. The molecule has 0 aromatic heterocycles. The molecule has 98 valence electrons. The number of hydrogen-bond donors (Lipinski definition) is 0. The molecule has 1 aliphatic rings. The molecule has 3 nitrogen and oxygen atoms in total. The molecule has 1 heterocycles. The zero-order chi connectivity index (χ0) is 13.1. The second-order valence-electron chi connectivity index (χ2n) is 4.81. The average molecular weight is 267 g/mol. The van der Waals surface area contributed by atoms with Crippen LogP contribution in [0.15, 0.2) is 18.2 Å². The van der Waals surface area contributed by atoms with Crippen molar-refractivity contribution in [2.45, 2.75) is 19.3 Å². The van der Waals surface area contributed by atoms with Crippen LogP contribution in [-0.2, 0) is 0 Å². The second-order valence-corrected chi connectivity index (χ2v) is 5.19. The third-order valence-corrected chi connectivity index (χ3v) is 3.60. The fraction of sp³-hybridized carbons (Fsp3) is 0.500. The number of halogens is 1. The van der Waals surface area contributed by atoms with Crippen LogP contribution < -0.4 is 9.80 Å². The minimum absolute atomic E-state index is 0.214. The molecule has 0 bridgehead atoms. The Morgan fingerprint density at radius 1 is 1.22 bits per heavy atom. The van der Waals surface area contributed by atoms with E-state index in [2.05, 4.69) is 16.8 Å². The molecule has 1 aromatic rings. The number of anilines is 2. The van der Waals surface area contributed by atoms with Gasteiger partial charge in [-0.1, -0.05) is 0 Å². The van der Waals surface area contributed by atoms with E-state index in [0.29, 0.717) is 12.3 Å². The number of nitrogens with zero attached hydrogens (tertiary/aromatic N) is 2. The Morgan fingerprint density at radius 2 is 1.94 bits per heavy atom. The van der Waals surface area contributed by atoms with Crippen LogP contribution in [0.25, 0.3) is 0 Å². The maximum Gasteiger partial charge on any atom is 0.162 e. The first-order valence-electron chi connectivity index (χ1n) is 6.29. The van der Waals surface area contributed by atoms with Crippen molar-refractivity contribution in [2.24, 2.45) is 0 Å². The van der Waals surface area contributed by atoms with E-state index >= 15 is 0 Å². The number of fused-ring (bicyclic) bond motifs is 1. The van der Waals surface area contributed by atoms with E-state index in [-0.39, 0.29) is 5.78 Å². The summed E-state index contributed by atoms with van der Waals surface area (Å²) in [5.41, 5.74) is 3.14. The number of hydrogen-bond acceptors (Lipinski definition) is 3. The Bertz CT molecular complexity index is 447. The van der Waals surface area contributed by atoms with E-state index in [1.807, 2.05) is 25.2 Å². The Balaban J connectivity index is 2.12. The summed E-state index contributed by atoms with van der Waals surface area (Å²) < 4.78 is 0. The summed E-state index contributed by atoms with van der Waals surface area (Å²) in [6.07, 6.45) is 2.36. The molecule has 0 saturated carbocycles. The summed E-state index contributed by atoms with van der Waals surface area (Å²) >= 11 is 5.62. The van der Waals surface area contributed by atoms with Gasteiger partial charge in [-0.2, -0.15) is 0 Å². The molecule has 1 aromatic carbocycles. The highest BCUT2D eigenvalue weighted by atomic mass is 35.5. The molecule has 4 heteroatoms. The lowest BCUT2D eigenvalue weighted by Gasteiger charge is -2.11. The van der Waals surface area contributed by atoms with Crippen LogP contribution in [-0.4, -0.2) is 32.4 Å². The van der Waals surface area contributed by atoms with Gasteiger partial charge in [0.1, 0.15) is 0 Å². The van der Waals surface area contributed by atoms with Crippen LogP contribution in [0.5, 0.6) is 0 Å². The normalized spacial score (nSPS) is 13.9. The fourth-order valence-corrected chi connectivity index (χ4v) is 2.51. The molecule has 0 fully saturated rings. The van der Waals surface area contributed by atoms with Gasteiger partial charge in [0.05, 0.1) is 18.0 Å². The van der Waals surface area contributed by atoms with Gasteiger partial charge >= 0.3 is 0 Å². The second kappa shape index (κ2) is 5.61. The zero-order valence-corrected chi connectivity index (χ0v) is 11.7. The number of unbranched alkanes of at least 4 members (excludes halogenated alkanes) is 1. The number of rotatable bonds is 5. The topological polar surface area (TPSA) is 23.6 Å². The lowest BCUT2D eigenvalue weighted by atomic mass is 10.0. The molecule has 0 spiro atoms. The third-order valence-electron chi connectivity index (χ3n) is 3.33. The van der Waals surface area contributed by atoms with Gasteiger partial charge in [0.15, 0.2) is 5.78 Å². The third kappa shape index (κ3) is 2.61. The zero-order valence-electron chi connectivity index (χ0n) is 10.9. The van der Waals surface area contributed by atoms with E-state index in [1.54, 1.807) is 0 Å². The first-order valence-corrected chi connectivity index (χ1v) is 6.82. The molecule has 2 rings (SSSR count). The smallest absolute Gasteiger partial charge is 0.162 e. The molecular formula is C14H19ClN2O. The minimum Gasteiger partial charge on any atom is -0.355 e. The summed E-state index contributed by atoms with van der Waals surface area (Å²) in [6.45, 7) is 0.874. The van der Waals surface area contributed by atoms with Crippen molar-refractivity contribution >= 4 is 28.8 Å². The Labute approximate surface area is 113 Å². The first kappa shape index (κ1) is 13.2. The number of ketones is 1. The van der Waals surface area contributed by atoms with Crippen molar-refractivity contribution < 1.29 is 4.79 Å². The van der Waals surface area contributed by atoms with Gasteiger partial charge in [0, 0.05) is 32.0 Å². The number of benzene rings is 1. The predicted octanol–water partition coefficient (Wildman–Crippen LogP) is 3.12. The molecule has 1 aliphatic heterocycles. The van der Waals surface area contributed by atoms with E-state index in [1.165, 1.54) is 5.69 Å². The van der Waals surface area contributed by atoms with Crippen molar-refractivity contribution in [2.75, 3.05) is 36.4 Å². The number of Topliss-reactive ketones (excluding diaryl/α,β-unsaturated/α-hetero) is 1. The first-order chi connectivity index (χ1) is 8.63. The monoisotopic (exact) mass is 266 g/mol. The largest absolute Gasteiger partial charge is 0.355 e. The van der Waals surface area contributed by atoms with Crippen LogP contribution in [0.4, 0.5) is 11.4 Å². The van der Waals surface area contributed by atoms with Crippen LogP contribution in [0.3, 0.4) is 0 Å². The molecule has 0 unspecified atom stereocenters. The fourth-order valence-electron chi connectivity index (χ4n) is 2.32. The average Bonchev–Trinajstić information content (AvgIpc) is 2.65. The summed E-state index contributed by atoms with van der Waals surface area (Å²) in [6, 6.07) is 5.97.